The van der Waals surface area contributed by atoms with E-state index in [1.807, 2.05) is 6.07 Å². The zero-order chi connectivity index (χ0) is 10.4. The molecule has 0 aromatic heterocycles. The molecule has 1 unspecified atom stereocenters. The summed E-state index contributed by atoms with van der Waals surface area (Å²) in [5.41, 5.74) is 6.09. The second-order valence-electron chi connectivity index (χ2n) is 3.34. The van der Waals surface area contributed by atoms with Gasteiger partial charge in [0.05, 0.1) is 11.1 Å². The summed E-state index contributed by atoms with van der Waals surface area (Å²) in [7, 11) is 0. The molecule has 2 N–H and O–H groups in total. The Morgan fingerprint density at radius 1 is 1.62 bits per heavy atom. The molecule has 0 aromatic carbocycles. The fourth-order valence-corrected chi connectivity index (χ4v) is 1.00. The van der Waals surface area contributed by atoms with Crippen molar-refractivity contribution in [3.63, 3.8) is 0 Å². The first-order chi connectivity index (χ1) is 5.99. The van der Waals surface area contributed by atoms with E-state index in [1.54, 1.807) is 6.92 Å². The smallest absolute Gasteiger partial charge is 0.133 e. The molecule has 0 aliphatic heterocycles. The topological polar surface area (TPSA) is 62.2 Å². The minimum atomic E-state index is -0.506. The Kier molecular flexibility index (Phi) is 5.24. The van der Waals surface area contributed by atoms with Gasteiger partial charge in [-0.05, 0) is 12.8 Å². The number of nitrogens with two attached hydrogens (primary N) is 1. The molecule has 72 valence electrons. The first-order valence-corrected chi connectivity index (χ1v) is 4.59. The molecule has 4 heteroatoms. The molecule has 0 amide bonds. The minimum Gasteiger partial charge on any atom is -0.392 e. The molecule has 13 heavy (non-hydrogen) atoms. The fraction of sp³-hybridized carbons (Fsp3) is 0.667. The van der Waals surface area contributed by atoms with Crippen LogP contribution < -0.4 is 5.73 Å². The largest absolute Gasteiger partial charge is 0.392 e. The lowest BCUT2D eigenvalue weighted by atomic mass is 10.1. The average molecular weight is 197 g/mol. The second-order valence-corrected chi connectivity index (χ2v) is 3.81. The summed E-state index contributed by atoms with van der Waals surface area (Å²) in [5, 5.41) is 8.73. The molecule has 0 aliphatic rings. The van der Waals surface area contributed by atoms with Gasteiger partial charge in [-0.1, -0.05) is 26.1 Å². The van der Waals surface area contributed by atoms with Crippen LogP contribution in [0.5, 0.6) is 0 Å². The van der Waals surface area contributed by atoms with Crippen LogP contribution in [0.4, 0.5) is 0 Å². The third kappa shape index (κ3) is 4.58. The summed E-state index contributed by atoms with van der Waals surface area (Å²) >= 11 is 4.75. The highest BCUT2D eigenvalue weighted by atomic mass is 32.1. The highest BCUT2D eigenvalue weighted by molar-refractivity contribution is 7.80. The molecule has 0 saturated heterocycles. The normalized spacial score (nSPS) is 13.9. The van der Waals surface area contributed by atoms with Gasteiger partial charge in [-0.15, -0.1) is 0 Å². The number of thiocarbonyl (C=S) groups is 1. The summed E-state index contributed by atoms with van der Waals surface area (Å²) in [5.74, 6) is -0.0191. The van der Waals surface area contributed by atoms with Crippen molar-refractivity contribution >= 4 is 22.9 Å². The maximum atomic E-state index is 8.73. The summed E-state index contributed by atoms with van der Waals surface area (Å²) in [6, 6.07) is 2.03. The maximum absolute atomic E-state index is 8.73. The predicted octanol–water partition coefficient (Wildman–Crippen LogP) is 1.53. The van der Waals surface area contributed by atoms with Crippen LogP contribution >= 0.6 is 12.2 Å². The predicted molar refractivity (Wildman–Crippen MR) is 58.7 cm³/mol. The van der Waals surface area contributed by atoms with Gasteiger partial charge < -0.3 is 5.73 Å². The number of hydrogen-bond donors (Lipinski definition) is 1. The van der Waals surface area contributed by atoms with E-state index in [0.717, 1.165) is 0 Å². The van der Waals surface area contributed by atoms with Crippen molar-refractivity contribution in [2.24, 2.45) is 22.6 Å². The van der Waals surface area contributed by atoms with E-state index in [4.69, 9.17) is 23.2 Å². The molecular formula is C9H15N3S. The van der Waals surface area contributed by atoms with E-state index in [2.05, 4.69) is 18.8 Å². The number of hydrogen-bond acceptors (Lipinski definition) is 3. The van der Waals surface area contributed by atoms with Gasteiger partial charge in [0.1, 0.15) is 5.92 Å². The van der Waals surface area contributed by atoms with Crippen LogP contribution in [0.2, 0.25) is 0 Å². The van der Waals surface area contributed by atoms with Gasteiger partial charge in [-0.3, -0.25) is 4.99 Å². The van der Waals surface area contributed by atoms with Crippen molar-refractivity contribution in [3.05, 3.63) is 0 Å². The van der Waals surface area contributed by atoms with Gasteiger partial charge in [-0.2, -0.15) is 5.26 Å². The molecule has 1 atom stereocenters. The van der Waals surface area contributed by atoms with Crippen LogP contribution in [0.1, 0.15) is 20.8 Å². The molecule has 0 bridgehead atoms. The van der Waals surface area contributed by atoms with Gasteiger partial charge >= 0.3 is 0 Å². The highest BCUT2D eigenvalue weighted by Crippen LogP contribution is 2.01. The third-order valence-electron chi connectivity index (χ3n) is 1.54. The highest BCUT2D eigenvalue weighted by Gasteiger charge is 2.13. The molecule has 0 aliphatic carbocycles. The lowest BCUT2D eigenvalue weighted by Gasteiger charge is -2.07. The van der Waals surface area contributed by atoms with Crippen LogP contribution in [0.15, 0.2) is 4.99 Å². The number of rotatable bonds is 4. The first kappa shape index (κ1) is 12.0. The molecular weight excluding hydrogens is 182 g/mol. The molecule has 3 nitrogen and oxygen atoms in total. The molecule has 0 heterocycles. The number of nitriles is 1. The van der Waals surface area contributed by atoms with E-state index in [9.17, 15) is 0 Å². The Morgan fingerprint density at radius 2 is 2.15 bits per heavy atom. The Labute approximate surface area is 84.6 Å². The zero-order valence-electron chi connectivity index (χ0n) is 8.24. The molecule has 0 radical (unpaired) electrons. The van der Waals surface area contributed by atoms with E-state index < -0.39 is 5.92 Å². The summed E-state index contributed by atoms with van der Waals surface area (Å²) in [4.78, 5) is 4.44. The SMILES string of the molecule is CC(=NCC(C)C)C(C#N)C(N)=S. The Morgan fingerprint density at radius 3 is 2.46 bits per heavy atom. The summed E-state index contributed by atoms with van der Waals surface area (Å²) in [6.07, 6.45) is 0. The molecule has 0 aromatic rings. The van der Waals surface area contributed by atoms with Crippen molar-refractivity contribution in [3.8, 4) is 6.07 Å². The lowest BCUT2D eigenvalue weighted by Crippen LogP contribution is -2.26. The van der Waals surface area contributed by atoms with Gasteiger partial charge in [0, 0.05) is 12.3 Å². The summed E-state index contributed by atoms with van der Waals surface area (Å²) < 4.78 is 0. The fourth-order valence-electron chi connectivity index (χ4n) is 0.781. The molecule has 0 fully saturated rings. The van der Waals surface area contributed by atoms with E-state index >= 15 is 0 Å². The van der Waals surface area contributed by atoms with Crippen LogP contribution in [0.25, 0.3) is 0 Å². The Balaban J connectivity index is 4.39. The minimum absolute atomic E-state index is 0.201. The maximum Gasteiger partial charge on any atom is 0.133 e. The Bertz CT molecular complexity index is 250. The average Bonchev–Trinajstić information content (AvgIpc) is 2.01. The first-order valence-electron chi connectivity index (χ1n) is 4.19. The van der Waals surface area contributed by atoms with Crippen LogP contribution in [0, 0.1) is 23.2 Å². The van der Waals surface area contributed by atoms with Gasteiger partial charge in [0.25, 0.3) is 0 Å². The summed E-state index contributed by atoms with van der Waals surface area (Å²) in [6.45, 7) is 6.64. The van der Waals surface area contributed by atoms with Crippen molar-refractivity contribution in [1.29, 1.82) is 5.26 Å². The van der Waals surface area contributed by atoms with Gasteiger partial charge in [0.15, 0.2) is 0 Å². The Hall–Kier alpha value is -0.950. The lowest BCUT2D eigenvalue weighted by molar-refractivity contribution is 0.664. The molecule has 0 saturated carbocycles. The van der Waals surface area contributed by atoms with Crippen molar-refractivity contribution in [1.82, 2.24) is 0 Å². The van der Waals surface area contributed by atoms with E-state index in [-0.39, 0.29) is 4.99 Å². The zero-order valence-corrected chi connectivity index (χ0v) is 9.06. The molecule has 0 spiro atoms. The second kappa shape index (κ2) is 5.65. The monoisotopic (exact) mass is 197 g/mol. The van der Waals surface area contributed by atoms with Crippen LogP contribution in [0.3, 0.4) is 0 Å². The standard InChI is InChI=1S/C9H15N3S/c1-6(2)5-12-7(3)8(4-10)9(11)13/h6,8H,5H2,1-3H3,(H2,11,13). The van der Waals surface area contributed by atoms with Crippen molar-refractivity contribution in [2.45, 2.75) is 20.8 Å². The van der Waals surface area contributed by atoms with E-state index in [1.165, 1.54) is 0 Å². The van der Waals surface area contributed by atoms with Gasteiger partial charge in [-0.25, -0.2) is 0 Å². The quantitative estimate of drug-likeness (QED) is 0.549. The van der Waals surface area contributed by atoms with Crippen molar-refractivity contribution in [2.75, 3.05) is 6.54 Å². The van der Waals surface area contributed by atoms with E-state index in [0.29, 0.717) is 18.2 Å². The molecule has 0 rings (SSSR count). The number of nitrogens with zero attached hydrogens (tertiary/aromatic N) is 2. The third-order valence-corrected chi connectivity index (χ3v) is 1.77. The van der Waals surface area contributed by atoms with Crippen molar-refractivity contribution < 1.29 is 0 Å². The van der Waals surface area contributed by atoms with Gasteiger partial charge in [0.2, 0.25) is 0 Å². The van der Waals surface area contributed by atoms with Crippen LogP contribution in [-0.2, 0) is 0 Å². The van der Waals surface area contributed by atoms with Crippen LogP contribution in [-0.4, -0.2) is 17.2 Å². The number of aliphatic imine (C=N–C) groups is 1.